The molecule has 0 bridgehead atoms. The van der Waals surface area contributed by atoms with Crippen LogP contribution >= 0.6 is 0 Å². The molecule has 0 unspecified atom stereocenters. The van der Waals surface area contributed by atoms with Gasteiger partial charge in [0.2, 0.25) is 0 Å². The summed E-state index contributed by atoms with van der Waals surface area (Å²) in [6.45, 7) is 1.46. The summed E-state index contributed by atoms with van der Waals surface area (Å²) >= 11 is 0. The highest BCUT2D eigenvalue weighted by Crippen LogP contribution is 1.97. The molecule has 0 aliphatic carbocycles. The van der Waals surface area contributed by atoms with E-state index in [4.69, 9.17) is 0 Å². The smallest absolute Gasteiger partial charge is 0.325 e. The quantitative estimate of drug-likeness (QED) is 0.475. The molecule has 0 heterocycles. The molecule has 0 atom stereocenters. The molecule has 0 saturated heterocycles. The monoisotopic (exact) mass is 335 g/mol. The summed E-state index contributed by atoms with van der Waals surface area (Å²) in [7, 11) is 0. The molecule has 8 heteroatoms. The maximum absolute atomic E-state index is 11.7. The van der Waals surface area contributed by atoms with Crippen LogP contribution in [0, 0.1) is 0 Å². The maximum atomic E-state index is 11.7. The summed E-state index contributed by atoms with van der Waals surface area (Å²) in [5, 5.41) is 6.90. The van der Waals surface area contributed by atoms with Crippen molar-refractivity contribution in [3.8, 4) is 0 Å². The fraction of sp³-hybridized carbons (Fsp3) is 0.375. The first-order valence-corrected chi connectivity index (χ1v) is 7.59. The first kappa shape index (κ1) is 19.1. The van der Waals surface area contributed by atoms with Crippen molar-refractivity contribution in [2.24, 2.45) is 0 Å². The van der Waals surface area contributed by atoms with E-state index in [9.17, 15) is 19.2 Å². The normalized spacial score (nSPS) is 9.71. The van der Waals surface area contributed by atoms with Crippen LogP contribution in [0.15, 0.2) is 30.3 Å². The SMILES string of the molecule is CCCCNC(=O)NC(=O)COC(=O)CNC(=O)c1ccccc1. The topological polar surface area (TPSA) is 114 Å². The number of benzene rings is 1. The third-order valence-electron chi connectivity index (χ3n) is 2.86. The summed E-state index contributed by atoms with van der Waals surface area (Å²) in [6, 6.07) is 7.73. The lowest BCUT2D eigenvalue weighted by Crippen LogP contribution is -2.42. The van der Waals surface area contributed by atoms with Crippen LogP contribution in [0.1, 0.15) is 30.1 Å². The molecular weight excluding hydrogens is 314 g/mol. The second kappa shape index (κ2) is 10.8. The van der Waals surface area contributed by atoms with Crippen LogP contribution in [0.4, 0.5) is 4.79 Å². The van der Waals surface area contributed by atoms with Crippen LogP contribution in [0.25, 0.3) is 0 Å². The lowest BCUT2D eigenvalue weighted by atomic mass is 10.2. The minimum atomic E-state index is -0.777. The van der Waals surface area contributed by atoms with Gasteiger partial charge in [-0.3, -0.25) is 19.7 Å². The molecule has 24 heavy (non-hydrogen) atoms. The minimum absolute atomic E-state index is 0.371. The second-order valence-corrected chi connectivity index (χ2v) is 4.87. The van der Waals surface area contributed by atoms with Crippen molar-refractivity contribution in [2.45, 2.75) is 19.8 Å². The highest BCUT2D eigenvalue weighted by Gasteiger charge is 2.12. The van der Waals surface area contributed by atoms with Gasteiger partial charge in [-0.05, 0) is 18.6 Å². The van der Waals surface area contributed by atoms with Crippen molar-refractivity contribution in [3.63, 3.8) is 0 Å². The molecule has 1 rings (SSSR count). The molecule has 0 aromatic heterocycles. The van der Waals surface area contributed by atoms with Crippen LogP contribution in [0.3, 0.4) is 0 Å². The van der Waals surface area contributed by atoms with Crippen molar-refractivity contribution in [2.75, 3.05) is 19.7 Å². The highest BCUT2D eigenvalue weighted by molar-refractivity contribution is 5.97. The summed E-state index contributed by atoms with van der Waals surface area (Å²) in [5.41, 5.74) is 0.409. The average molecular weight is 335 g/mol. The van der Waals surface area contributed by atoms with E-state index < -0.39 is 30.4 Å². The number of rotatable bonds is 8. The number of carbonyl (C=O) groups excluding carboxylic acids is 4. The lowest BCUT2D eigenvalue weighted by molar-refractivity contribution is -0.147. The Morgan fingerprint density at radius 1 is 1.04 bits per heavy atom. The van der Waals surface area contributed by atoms with Gasteiger partial charge in [0.15, 0.2) is 6.61 Å². The number of esters is 1. The van der Waals surface area contributed by atoms with Crippen molar-refractivity contribution < 1.29 is 23.9 Å². The number of amides is 4. The number of urea groups is 1. The highest BCUT2D eigenvalue weighted by atomic mass is 16.5. The second-order valence-electron chi connectivity index (χ2n) is 4.87. The standard InChI is InChI=1S/C16H21N3O5/c1-2-3-9-17-16(23)19-13(20)11-24-14(21)10-18-15(22)12-7-5-4-6-8-12/h4-8H,2-3,9-11H2,1H3,(H,18,22)(H2,17,19,20,23). The van der Waals surface area contributed by atoms with Crippen LogP contribution < -0.4 is 16.0 Å². The number of carbonyl (C=O) groups is 4. The van der Waals surface area contributed by atoms with E-state index in [1.165, 1.54) is 0 Å². The van der Waals surface area contributed by atoms with E-state index in [2.05, 4.69) is 15.4 Å². The Morgan fingerprint density at radius 3 is 2.42 bits per heavy atom. The number of imide groups is 1. The summed E-state index contributed by atoms with van der Waals surface area (Å²) < 4.78 is 4.67. The Bertz CT molecular complexity index is 574. The Labute approximate surface area is 139 Å². The molecule has 8 nitrogen and oxygen atoms in total. The molecule has 4 amide bonds. The fourth-order valence-electron chi connectivity index (χ4n) is 1.63. The molecule has 0 saturated carbocycles. The summed E-state index contributed by atoms with van der Waals surface area (Å²) in [4.78, 5) is 45.9. The van der Waals surface area contributed by atoms with Crippen LogP contribution in [0.2, 0.25) is 0 Å². The van der Waals surface area contributed by atoms with E-state index in [1.807, 2.05) is 12.2 Å². The molecule has 0 spiro atoms. The molecule has 0 fully saturated rings. The zero-order valence-corrected chi connectivity index (χ0v) is 13.5. The van der Waals surface area contributed by atoms with Gasteiger partial charge in [0.1, 0.15) is 6.54 Å². The average Bonchev–Trinajstić information content (AvgIpc) is 2.58. The van der Waals surface area contributed by atoms with Gasteiger partial charge >= 0.3 is 12.0 Å². The van der Waals surface area contributed by atoms with Crippen LogP contribution in [-0.2, 0) is 14.3 Å². The zero-order chi connectivity index (χ0) is 17.8. The van der Waals surface area contributed by atoms with Gasteiger partial charge in [-0.15, -0.1) is 0 Å². The number of unbranched alkanes of at least 4 members (excludes halogenated alkanes) is 1. The van der Waals surface area contributed by atoms with Gasteiger partial charge in [-0.1, -0.05) is 31.5 Å². The first-order chi connectivity index (χ1) is 11.5. The Hall–Kier alpha value is -2.90. The van der Waals surface area contributed by atoms with E-state index in [1.54, 1.807) is 30.3 Å². The summed E-state index contributed by atoms with van der Waals surface area (Å²) in [5.74, 6) is -1.94. The minimum Gasteiger partial charge on any atom is -0.454 e. The lowest BCUT2D eigenvalue weighted by Gasteiger charge is -2.08. The molecular formula is C16H21N3O5. The third-order valence-corrected chi connectivity index (χ3v) is 2.86. The van der Waals surface area contributed by atoms with Gasteiger partial charge in [-0.25, -0.2) is 4.79 Å². The molecule has 3 N–H and O–H groups in total. The van der Waals surface area contributed by atoms with E-state index >= 15 is 0 Å². The van der Waals surface area contributed by atoms with Crippen molar-refractivity contribution in [1.82, 2.24) is 16.0 Å². The van der Waals surface area contributed by atoms with Gasteiger partial charge in [0.05, 0.1) is 0 Å². The molecule has 130 valence electrons. The molecule has 0 aliphatic rings. The Balaban J connectivity index is 2.20. The number of ether oxygens (including phenoxy) is 1. The van der Waals surface area contributed by atoms with Crippen LogP contribution in [-0.4, -0.2) is 43.5 Å². The maximum Gasteiger partial charge on any atom is 0.325 e. The fourth-order valence-corrected chi connectivity index (χ4v) is 1.63. The van der Waals surface area contributed by atoms with E-state index in [0.717, 1.165) is 12.8 Å². The molecule has 1 aromatic rings. The first-order valence-electron chi connectivity index (χ1n) is 7.59. The van der Waals surface area contributed by atoms with Gasteiger partial charge in [0, 0.05) is 12.1 Å². The van der Waals surface area contributed by atoms with E-state index in [0.29, 0.717) is 12.1 Å². The third kappa shape index (κ3) is 7.92. The van der Waals surface area contributed by atoms with E-state index in [-0.39, 0.29) is 6.54 Å². The zero-order valence-electron chi connectivity index (χ0n) is 13.5. The predicted octanol–water partition coefficient (Wildman–Crippen LogP) is 0.586. The molecule has 0 radical (unpaired) electrons. The van der Waals surface area contributed by atoms with Crippen LogP contribution in [0.5, 0.6) is 0 Å². The number of nitrogens with one attached hydrogen (secondary N) is 3. The molecule has 0 aliphatic heterocycles. The van der Waals surface area contributed by atoms with Gasteiger partial charge in [-0.2, -0.15) is 0 Å². The predicted molar refractivity (Wildman–Crippen MR) is 86.2 cm³/mol. The Morgan fingerprint density at radius 2 is 1.75 bits per heavy atom. The number of hydrogen-bond acceptors (Lipinski definition) is 5. The van der Waals surface area contributed by atoms with Crippen molar-refractivity contribution >= 4 is 23.8 Å². The summed E-state index contributed by atoms with van der Waals surface area (Å²) in [6.07, 6.45) is 1.72. The van der Waals surface area contributed by atoms with Gasteiger partial charge < -0.3 is 15.4 Å². The molecule has 1 aromatic carbocycles. The Kier molecular flexibility index (Phi) is 8.59. The largest absolute Gasteiger partial charge is 0.454 e. The van der Waals surface area contributed by atoms with Crippen molar-refractivity contribution in [1.29, 1.82) is 0 Å². The number of hydrogen-bond donors (Lipinski definition) is 3. The van der Waals surface area contributed by atoms with Crippen molar-refractivity contribution in [3.05, 3.63) is 35.9 Å². The van der Waals surface area contributed by atoms with Gasteiger partial charge in [0.25, 0.3) is 11.8 Å².